The molecule has 0 radical (unpaired) electrons. The molecule has 0 fully saturated rings. The van der Waals surface area contributed by atoms with E-state index in [1.807, 2.05) is 0 Å². The lowest BCUT2D eigenvalue weighted by atomic mass is 10.1. The first-order valence-corrected chi connectivity index (χ1v) is 5.01. The van der Waals surface area contributed by atoms with E-state index in [9.17, 15) is 4.79 Å². The Kier molecular flexibility index (Phi) is 3.92. The Morgan fingerprint density at radius 3 is 2.41 bits per heavy atom. The number of nitrogens with zero attached hydrogens (tertiary/aromatic N) is 2. The summed E-state index contributed by atoms with van der Waals surface area (Å²) in [5, 5.41) is 20.5. The van der Waals surface area contributed by atoms with Crippen LogP contribution in [0.2, 0.25) is 0 Å². The van der Waals surface area contributed by atoms with E-state index < -0.39 is 6.04 Å². The normalized spacial score (nSPS) is 13.2. The van der Waals surface area contributed by atoms with Crippen LogP contribution in [0, 0.1) is 0 Å². The second-order valence-electron chi connectivity index (χ2n) is 3.66. The molecule has 17 heavy (non-hydrogen) atoms. The standard InChI is InChI=1S/C11H15N3O3/c1-7(10(12)13-17)14(2)11(16)8-3-5-9(15)6-4-8/h3-7,15,17H,1-2H3,(H2,12,13). The Balaban J connectivity index is 2.86. The fourth-order valence-corrected chi connectivity index (χ4v) is 1.27. The molecule has 0 spiro atoms. The molecule has 0 bridgehead atoms. The highest BCUT2D eigenvalue weighted by atomic mass is 16.4. The second kappa shape index (κ2) is 5.20. The summed E-state index contributed by atoms with van der Waals surface area (Å²) in [6.45, 7) is 1.65. The molecule has 0 saturated carbocycles. The van der Waals surface area contributed by atoms with Crippen LogP contribution in [-0.2, 0) is 0 Å². The van der Waals surface area contributed by atoms with Crippen molar-refractivity contribution in [1.29, 1.82) is 0 Å². The molecule has 4 N–H and O–H groups in total. The molecule has 1 aromatic carbocycles. The number of carbonyl (C=O) groups is 1. The summed E-state index contributed by atoms with van der Waals surface area (Å²) in [4.78, 5) is 13.3. The van der Waals surface area contributed by atoms with E-state index in [2.05, 4.69) is 5.16 Å². The van der Waals surface area contributed by atoms with E-state index in [1.54, 1.807) is 14.0 Å². The zero-order chi connectivity index (χ0) is 13.0. The number of hydrogen-bond donors (Lipinski definition) is 3. The maximum atomic E-state index is 12.0. The predicted molar refractivity (Wildman–Crippen MR) is 63.1 cm³/mol. The lowest BCUT2D eigenvalue weighted by Gasteiger charge is -2.23. The van der Waals surface area contributed by atoms with Crippen LogP contribution in [0.3, 0.4) is 0 Å². The summed E-state index contributed by atoms with van der Waals surface area (Å²) in [6.07, 6.45) is 0. The predicted octanol–water partition coefficient (Wildman–Crippen LogP) is 0.599. The molecular formula is C11H15N3O3. The number of oxime groups is 1. The number of carbonyl (C=O) groups excluding carboxylic acids is 1. The maximum Gasteiger partial charge on any atom is 0.254 e. The van der Waals surface area contributed by atoms with Crippen LogP contribution < -0.4 is 5.73 Å². The molecule has 0 aliphatic carbocycles. The van der Waals surface area contributed by atoms with Crippen molar-refractivity contribution < 1.29 is 15.1 Å². The third kappa shape index (κ3) is 2.87. The van der Waals surface area contributed by atoms with Crippen LogP contribution in [0.5, 0.6) is 5.75 Å². The zero-order valence-electron chi connectivity index (χ0n) is 9.66. The molecule has 0 aliphatic rings. The van der Waals surface area contributed by atoms with Gasteiger partial charge in [-0.3, -0.25) is 4.79 Å². The third-order valence-corrected chi connectivity index (χ3v) is 2.56. The van der Waals surface area contributed by atoms with Gasteiger partial charge in [-0.25, -0.2) is 0 Å². The van der Waals surface area contributed by atoms with E-state index >= 15 is 0 Å². The van der Waals surface area contributed by atoms with Gasteiger partial charge in [0.2, 0.25) is 0 Å². The van der Waals surface area contributed by atoms with Gasteiger partial charge in [-0.1, -0.05) is 5.16 Å². The van der Waals surface area contributed by atoms with Crippen LogP contribution in [-0.4, -0.2) is 40.0 Å². The van der Waals surface area contributed by atoms with Gasteiger partial charge in [0.15, 0.2) is 5.84 Å². The van der Waals surface area contributed by atoms with Gasteiger partial charge in [0.1, 0.15) is 5.75 Å². The van der Waals surface area contributed by atoms with E-state index in [-0.39, 0.29) is 17.5 Å². The maximum absolute atomic E-state index is 12.0. The highest BCUT2D eigenvalue weighted by Gasteiger charge is 2.20. The van der Waals surface area contributed by atoms with Crippen LogP contribution in [0.15, 0.2) is 29.4 Å². The highest BCUT2D eigenvalue weighted by Crippen LogP contribution is 2.12. The minimum absolute atomic E-state index is 0.0420. The summed E-state index contributed by atoms with van der Waals surface area (Å²) in [5.74, 6) is -0.225. The Hall–Kier alpha value is -2.24. The number of phenolic OH excluding ortho intramolecular Hbond substituents is 1. The number of rotatable bonds is 3. The monoisotopic (exact) mass is 237 g/mol. The number of phenols is 1. The van der Waals surface area contributed by atoms with Crippen LogP contribution >= 0.6 is 0 Å². The molecular weight excluding hydrogens is 222 g/mol. The lowest BCUT2D eigenvalue weighted by molar-refractivity contribution is 0.0776. The molecule has 92 valence electrons. The van der Waals surface area contributed by atoms with Crippen molar-refractivity contribution in [2.24, 2.45) is 10.9 Å². The fraction of sp³-hybridized carbons (Fsp3) is 0.273. The molecule has 0 heterocycles. The first-order valence-electron chi connectivity index (χ1n) is 5.01. The summed E-state index contributed by atoms with van der Waals surface area (Å²) in [7, 11) is 1.55. The minimum atomic E-state index is -0.513. The first kappa shape index (κ1) is 12.8. The van der Waals surface area contributed by atoms with Crippen molar-refractivity contribution in [2.75, 3.05) is 7.05 Å². The quantitative estimate of drug-likeness (QED) is 0.310. The summed E-state index contributed by atoms with van der Waals surface area (Å²) in [5.41, 5.74) is 5.84. The van der Waals surface area contributed by atoms with Crippen molar-refractivity contribution in [1.82, 2.24) is 4.90 Å². The van der Waals surface area contributed by atoms with Gasteiger partial charge >= 0.3 is 0 Å². The van der Waals surface area contributed by atoms with Crippen LogP contribution in [0.25, 0.3) is 0 Å². The van der Waals surface area contributed by atoms with E-state index in [4.69, 9.17) is 16.0 Å². The molecule has 1 rings (SSSR count). The summed E-state index contributed by atoms with van der Waals surface area (Å²) >= 11 is 0. The van der Waals surface area contributed by atoms with E-state index in [0.29, 0.717) is 5.56 Å². The smallest absolute Gasteiger partial charge is 0.254 e. The molecule has 1 atom stereocenters. The molecule has 0 aliphatic heterocycles. The Bertz CT molecular complexity index is 428. The average Bonchev–Trinajstić information content (AvgIpc) is 2.36. The number of amides is 1. The Morgan fingerprint density at radius 1 is 1.41 bits per heavy atom. The highest BCUT2D eigenvalue weighted by molar-refractivity contribution is 5.98. The number of nitrogens with two attached hydrogens (primary N) is 1. The largest absolute Gasteiger partial charge is 0.508 e. The van der Waals surface area contributed by atoms with Crippen molar-refractivity contribution in [3.8, 4) is 5.75 Å². The SMILES string of the molecule is CC(C(N)=NO)N(C)C(=O)c1ccc(O)cc1. The summed E-state index contributed by atoms with van der Waals surface area (Å²) in [6, 6.07) is 5.35. The molecule has 6 heteroatoms. The number of amidine groups is 1. The number of benzene rings is 1. The lowest BCUT2D eigenvalue weighted by Crippen LogP contribution is -2.43. The van der Waals surface area contributed by atoms with Gasteiger partial charge in [-0.05, 0) is 31.2 Å². The molecule has 0 saturated heterocycles. The zero-order valence-corrected chi connectivity index (χ0v) is 9.66. The van der Waals surface area contributed by atoms with Crippen molar-refractivity contribution in [3.05, 3.63) is 29.8 Å². The second-order valence-corrected chi connectivity index (χ2v) is 3.66. The number of hydrogen-bond acceptors (Lipinski definition) is 4. The van der Waals surface area contributed by atoms with Gasteiger partial charge in [-0.2, -0.15) is 0 Å². The van der Waals surface area contributed by atoms with Crippen LogP contribution in [0.1, 0.15) is 17.3 Å². The third-order valence-electron chi connectivity index (χ3n) is 2.56. The van der Waals surface area contributed by atoms with Crippen molar-refractivity contribution in [2.45, 2.75) is 13.0 Å². The topological polar surface area (TPSA) is 99.2 Å². The molecule has 1 unspecified atom stereocenters. The van der Waals surface area contributed by atoms with Crippen molar-refractivity contribution in [3.63, 3.8) is 0 Å². The average molecular weight is 237 g/mol. The van der Waals surface area contributed by atoms with Gasteiger partial charge in [0.25, 0.3) is 5.91 Å². The summed E-state index contributed by atoms with van der Waals surface area (Å²) < 4.78 is 0. The fourth-order valence-electron chi connectivity index (χ4n) is 1.27. The molecule has 1 aromatic rings. The van der Waals surface area contributed by atoms with Gasteiger partial charge in [0.05, 0.1) is 6.04 Å². The van der Waals surface area contributed by atoms with E-state index in [0.717, 1.165) is 0 Å². The molecule has 1 amide bonds. The van der Waals surface area contributed by atoms with Crippen molar-refractivity contribution >= 4 is 11.7 Å². The van der Waals surface area contributed by atoms with Gasteiger partial charge < -0.3 is 20.9 Å². The number of likely N-dealkylation sites (N-methyl/N-ethyl adjacent to an activating group) is 1. The van der Waals surface area contributed by atoms with Gasteiger partial charge in [0, 0.05) is 12.6 Å². The minimum Gasteiger partial charge on any atom is -0.508 e. The van der Waals surface area contributed by atoms with Crippen LogP contribution in [0.4, 0.5) is 0 Å². The Morgan fingerprint density at radius 2 is 1.94 bits per heavy atom. The Labute approximate surface area is 99.0 Å². The number of aromatic hydroxyl groups is 1. The van der Waals surface area contributed by atoms with Gasteiger partial charge in [-0.15, -0.1) is 0 Å². The first-order chi connectivity index (χ1) is 7.97. The molecule has 0 aromatic heterocycles. The van der Waals surface area contributed by atoms with E-state index in [1.165, 1.54) is 29.2 Å². The molecule has 6 nitrogen and oxygen atoms in total.